The van der Waals surface area contributed by atoms with Gasteiger partial charge in [-0.3, -0.25) is 4.79 Å². The molecule has 0 saturated heterocycles. The Morgan fingerprint density at radius 2 is 2.27 bits per heavy atom. The Bertz CT molecular complexity index is 941. The van der Waals surface area contributed by atoms with E-state index >= 15 is 0 Å². The molecule has 0 aliphatic carbocycles. The molecule has 0 aliphatic heterocycles. The SMILES string of the molecule is C[C@@H](Nc1ncc(C#N)s1)c1cc2cc(Cl)ccc2[nH]c1=O. The fraction of sp³-hybridized carbons (Fsp3) is 0.133. The highest BCUT2D eigenvalue weighted by atomic mass is 35.5. The zero-order valence-electron chi connectivity index (χ0n) is 11.6. The van der Waals surface area contributed by atoms with Gasteiger partial charge in [-0.05, 0) is 31.2 Å². The zero-order valence-corrected chi connectivity index (χ0v) is 13.1. The molecule has 0 saturated carbocycles. The van der Waals surface area contributed by atoms with Gasteiger partial charge in [-0.2, -0.15) is 5.26 Å². The van der Waals surface area contributed by atoms with Crippen molar-refractivity contribution in [2.24, 2.45) is 0 Å². The van der Waals surface area contributed by atoms with E-state index in [0.29, 0.717) is 20.6 Å². The fourth-order valence-electron chi connectivity index (χ4n) is 2.17. The van der Waals surface area contributed by atoms with Crippen LogP contribution in [0.4, 0.5) is 5.13 Å². The minimum atomic E-state index is -0.246. The van der Waals surface area contributed by atoms with Crippen LogP contribution in [0.15, 0.2) is 35.3 Å². The molecule has 2 aromatic heterocycles. The molecule has 3 rings (SSSR count). The minimum absolute atomic E-state index is 0.160. The van der Waals surface area contributed by atoms with E-state index < -0.39 is 0 Å². The van der Waals surface area contributed by atoms with Crippen LogP contribution in [-0.2, 0) is 0 Å². The monoisotopic (exact) mass is 330 g/mol. The largest absolute Gasteiger partial charge is 0.355 e. The number of nitriles is 1. The van der Waals surface area contributed by atoms with E-state index in [1.54, 1.807) is 18.2 Å². The van der Waals surface area contributed by atoms with Gasteiger partial charge in [0.2, 0.25) is 0 Å². The molecule has 0 aliphatic rings. The molecule has 110 valence electrons. The Morgan fingerprint density at radius 3 is 3.00 bits per heavy atom. The van der Waals surface area contributed by atoms with Gasteiger partial charge in [0.1, 0.15) is 10.9 Å². The number of fused-ring (bicyclic) bond motifs is 1. The summed E-state index contributed by atoms with van der Waals surface area (Å²) in [6, 6.07) is 8.93. The van der Waals surface area contributed by atoms with E-state index in [-0.39, 0.29) is 11.6 Å². The van der Waals surface area contributed by atoms with Gasteiger partial charge in [-0.15, -0.1) is 0 Å². The second kappa shape index (κ2) is 5.79. The van der Waals surface area contributed by atoms with Crippen molar-refractivity contribution in [3.05, 3.63) is 56.3 Å². The minimum Gasteiger partial charge on any atom is -0.355 e. The summed E-state index contributed by atoms with van der Waals surface area (Å²) < 4.78 is 0. The quantitative estimate of drug-likeness (QED) is 0.767. The summed E-state index contributed by atoms with van der Waals surface area (Å²) in [4.78, 5) is 19.7. The molecule has 22 heavy (non-hydrogen) atoms. The number of aromatic amines is 1. The summed E-state index contributed by atoms with van der Waals surface area (Å²) in [6.45, 7) is 1.87. The van der Waals surface area contributed by atoms with Gasteiger partial charge in [0.25, 0.3) is 5.56 Å². The molecular weight excluding hydrogens is 320 g/mol. The van der Waals surface area contributed by atoms with Crippen LogP contribution in [0, 0.1) is 11.3 Å². The molecule has 2 N–H and O–H groups in total. The molecule has 0 spiro atoms. The van der Waals surface area contributed by atoms with Gasteiger partial charge in [0, 0.05) is 21.5 Å². The van der Waals surface area contributed by atoms with Crippen LogP contribution in [0.1, 0.15) is 23.4 Å². The third-order valence-electron chi connectivity index (χ3n) is 3.26. The highest BCUT2D eigenvalue weighted by molar-refractivity contribution is 7.16. The van der Waals surface area contributed by atoms with Crippen molar-refractivity contribution in [3.8, 4) is 6.07 Å². The molecule has 5 nitrogen and oxygen atoms in total. The molecule has 7 heteroatoms. The van der Waals surface area contributed by atoms with Gasteiger partial charge in [0.15, 0.2) is 5.13 Å². The van der Waals surface area contributed by atoms with E-state index in [1.807, 2.05) is 19.1 Å². The van der Waals surface area contributed by atoms with Crippen LogP contribution in [0.25, 0.3) is 10.9 Å². The Kier molecular flexibility index (Phi) is 3.84. The van der Waals surface area contributed by atoms with Crippen molar-refractivity contribution < 1.29 is 0 Å². The third kappa shape index (κ3) is 2.82. The number of anilines is 1. The number of rotatable bonds is 3. The fourth-order valence-corrected chi connectivity index (χ4v) is 3.05. The molecule has 0 radical (unpaired) electrons. The number of pyridine rings is 1. The maximum absolute atomic E-state index is 12.2. The summed E-state index contributed by atoms with van der Waals surface area (Å²) >= 11 is 7.24. The standard InChI is InChI=1S/C15H11ClN4OS/c1-8(19-15-18-7-11(6-17)22-15)12-5-9-4-10(16)2-3-13(9)20-14(12)21/h2-5,7-8H,1H3,(H,18,19)(H,20,21)/t8-/m1/s1. The van der Waals surface area contributed by atoms with E-state index in [9.17, 15) is 4.79 Å². The van der Waals surface area contributed by atoms with Crippen LogP contribution in [0.5, 0.6) is 0 Å². The molecule has 2 heterocycles. The van der Waals surface area contributed by atoms with Crippen molar-refractivity contribution >= 4 is 39.0 Å². The second-order valence-corrected chi connectivity index (χ2v) is 6.26. The molecular formula is C15H11ClN4OS. The molecule has 1 aromatic carbocycles. The van der Waals surface area contributed by atoms with Crippen LogP contribution in [0.2, 0.25) is 5.02 Å². The van der Waals surface area contributed by atoms with Gasteiger partial charge in [0.05, 0.1) is 12.2 Å². The number of nitrogens with zero attached hydrogens (tertiary/aromatic N) is 2. The van der Waals surface area contributed by atoms with Crippen molar-refractivity contribution in [2.45, 2.75) is 13.0 Å². The zero-order chi connectivity index (χ0) is 15.7. The van der Waals surface area contributed by atoms with Gasteiger partial charge >= 0.3 is 0 Å². The lowest BCUT2D eigenvalue weighted by Gasteiger charge is -2.13. The number of thiazole rings is 1. The topological polar surface area (TPSA) is 81.6 Å². The number of halogens is 1. The first kappa shape index (κ1) is 14.6. The van der Waals surface area contributed by atoms with E-state index in [4.69, 9.17) is 16.9 Å². The molecule has 0 amide bonds. The molecule has 1 atom stereocenters. The highest BCUT2D eigenvalue weighted by Gasteiger charge is 2.13. The second-order valence-electron chi connectivity index (χ2n) is 4.79. The lowest BCUT2D eigenvalue weighted by molar-refractivity contribution is 0.863. The predicted molar refractivity (Wildman–Crippen MR) is 88.4 cm³/mol. The van der Waals surface area contributed by atoms with E-state index in [0.717, 1.165) is 10.9 Å². The lowest BCUT2D eigenvalue weighted by atomic mass is 10.1. The Morgan fingerprint density at radius 1 is 1.45 bits per heavy atom. The van der Waals surface area contributed by atoms with Crippen molar-refractivity contribution in [1.29, 1.82) is 5.26 Å². The maximum Gasteiger partial charge on any atom is 0.253 e. The number of nitrogens with one attached hydrogen (secondary N) is 2. The summed E-state index contributed by atoms with van der Waals surface area (Å²) in [6.07, 6.45) is 1.50. The smallest absolute Gasteiger partial charge is 0.253 e. The summed E-state index contributed by atoms with van der Waals surface area (Å²) in [7, 11) is 0. The summed E-state index contributed by atoms with van der Waals surface area (Å²) in [5.41, 5.74) is 1.17. The van der Waals surface area contributed by atoms with Crippen molar-refractivity contribution in [1.82, 2.24) is 9.97 Å². The summed E-state index contributed by atoms with van der Waals surface area (Å²) in [5.74, 6) is 0. The van der Waals surface area contributed by atoms with Gasteiger partial charge in [-0.1, -0.05) is 22.9 Å². The van der Waals surface area contributed by atoms with Gasteiger partial charge < -0.3 is 10.3 Å². The molecule has 0 fully saturated rings. The Labute approximate surface area is 135 Å². The van der Waals surface area contributed by atoms with Crippen LogP contribution in [-0.4, -0.2) is 9.97 Å². The first-order valence-electron chi connectivity index (χ1n) is 6.52. The van der Waals surface area contributed by atoms with Gasteiger partial charge in [-0.25, -0.2) is 4.98 Å². The number of hydrogen-bond donors (Lipinski definition) is 2. The Hall–Kier alpha value is -2.36. The molecule has 0 unspecified atom stereocenters. The Balaban J connectivity index is 1.96. The average Bonchev–Trinajstić information content (AvgIpc) is 2.94. The number of H-pyrrole nitrogens is 1. The van der Waals surface area contributed by atoms with E-state index in [1.165, 1.54) is 17.5 Å². The van der Waals surface area contributed by atoms with E-state index in [2.05, 4.69) is 15.3 Å². The number of hydrogen-bond acceptors (Lipinski definition) is 5. The van der Waals surface area contributed by atoms with Crippen LogP contribution in [0.3, 0.4) is 0 Å². The molecule has 0 bridgehead atoms. The normalized spacial score (nSPS) is 12.0. The first-order valence-corrected chi connectivity index (χ1v) is 7.71. The maximum atomic E-state index is 12.2. The summed E-state index contributed by atoms with van der Waals surface area (Å²) in [5, 5.41) is 14.0. The average molecular weight is 331 g/mol. The lowest BCUT2D eigenvalue weighted by Crippen LogP contribution is -2.19. The first-order chi connectivity index (χ1) is 10.6. The van der Waals surface area contributed by atoms with Crippen LogP contribution < -0.4 is 10.9 Å². The predicted octanol–water partition coefficient (Wildman–Crippen LogP) is 3.68. The third-order valence-corrected chi connectivity index (χ3v) is 4.33. The highest BCUT2D eigenvalue weighted by Crippen LogP contribution is 2.24. The van der Waals surface area contributed by atoms with Crippen LogP contribution >= 0.6 is 22.9 Å². The van der Waals surface area contributed by atoms with Crippen molar-refractivity contribution in [3.63, 3.8) is 0 Å². The number of benzene rings is 1. The number of aromatic nitrogens is 2. The van der Waals surface area contributed by atoms with Crippen molar-refractivity contribution in [2.75, 3.05) is 5.32 Å². The molecule has 3 aromatic rings.